The van der Waals surface area contributed by atoms with Gasteiger partial charge in [0.1, 0.15) is 11.6 Å². The Hall–Kier alpha value is -1.00. The van der Waals surface area contributed by atoms with Crippen molar-refractivity contribution >= 4 is 0 Å². The topological polar surface area (TPSA) is 18.5 Å². The van der Waals surface area contributed by atoms with Crippen LogP contribution >= 0.6 is 0 Å². The van der Waals surface area contributed by atoms with Crippen molar-refractivity contribution in [2.75, 3.05) is 14.2 Å². The molecule has 1 aromatic rings. The smallest absolute Gasteiger partial charge is 0.167 e. The third kappa shape index (κ3) is 7.71. The lowest BCUT2D eigenvalue weighted by molar-refractivity contribution is -0.230. The molecular formula is C22H36F2O2. The number of methoxy groups -OCH3 is 2. The van der Waals surface area contributed by atoms with Crippen molar-refractivity contribution in [2.24, 2.45) is 5.92 Å². The molecule has 0 aliphatic carbocycles. The molecule has 0 aromatic heterocycles. The Kier molecular flexibility index (Phi) is 11.0. The third-order valence-corrected chi connectivity index (χ3v) is 5.47. The molecule has 0 N–H and O–H groups in total. The standard InChI is InChI=1S/C22H36F2O2/c1-5-6-7-8-9-10-13-19(22(2,25-3)26-4)14-11-12-18-15-16-20(23)17-21(18)24/h15-17,19H,5-14H2,1-4H3. The van der Waals surface area contributed by atoms with Gasteiger partial charge in [-0.15, -0.1) is 0 Å². The predicted octanol–water partition coefficient (Wildman–Crippen LogP) is 6.66. The SMILES string of the molecule is CCCCCCCCC(CCCc1ccc(F)cc1F)C(C)(OC)OC. The molecule has 150 valence electrons. The molecule has 1 rings (SSSR count). The van der Waals surface area contributed by atoms with E-state index >= 15 is 0 Å². The fraction of sp³-hybridized carbons (Fsp3) is 0.727. The van der Waals surface area contributed by atoms with Gasteiger partial charge in [0.15, 0.2) is 5.79 Å². The zero-order valence-electron chi connectivity index (χ0n) is 17.0. The molecule has 0 saturated heterocycles. The fourth-order valence-electron chi connectivity index (χ4n) is 3.52. The first kappa shape index (κ1) is 23.0. The summed E-state index contributed by atoms with van der Waals surface area (Å²) in [7, 11) is 3.36. The Morgan fingerprint density at radius 2 is 1.54 bits per heavy atom. The number of ether oxygens (including phenoxy) is 2. The highest BCUT2D eigenvalue weighted by atomic mass is 19.1. The Bertz CT molecular complexity index is 501. The van der Waals surface area contributed by atoms with Crippen LogP contribution in [0.1, 0.15) is 77.2 Å². The van der Waals surface area contributed by atoms with E-state index in [1.807, 2.05) is 6.92 Å². The second-order valence-electron chi connectivity index (χ2n) is 7.31. The normalized spacial score (nSPS) is 13.2. The van der Waals surface area contributed by atoms with E-state index in [2.05, 4.69) is 6.92 Å². The molecule has 4 heteroatoms. The average Bonchev–Trinajstić information content (AvgIpc) is 2.64. The minimum atomic E-state index is -0.620. The fourth-order valence-corrected chi connectivity index (χ4v) is 3.52. The van der Waals surface area contributed by atoms with E-state index in [1.165, 1.54) is 38.2 Å². The van der Waals surface area contributed by atoms with Gasteiger partial charge < -0.3 is 9.47 Å². The number of unbranched alkanes of at least 4 members (excludes halogenated alkanes) is 5. The lowest BCUT2D eigenvalue weighted by Crippen LogP contribution is -2.39. The zero-order chi connectivity index (χ0) is 19.4. The monoisotopic (exact) mass is 370 g/mol. The highest BCUT2D eigenvalue weighted by molar-refractivity contribution is 5.18. The molecule has 0 bridgehead atoms. The maximum Gasteiger partial charge on any atom is 0.167 e. The number of rotatable bonds is 14. The van der Waals surface area contributed by atoms with Crippen molar-refractivity contribution in [1.82, 2.24) is 0 Å². The maximum absolute atomic E-state index is 13.8. The summed E-state index contributed by atoms with van der Waals surface area (Å²) in [5, 5.41) is 0. The lowest BCUT2D eigenvalue weighted by Gasteiger charge is -2.35. The summed E-state index contributed by atoms with van der Waals surface area (Å²) in [4.78, 5) is 0. The van der Waals surface area contributed by atoms with Crippen LogP contribution in [-0.4, -0.2) is 20.0 Å². The Morgan fingerprint density at radius 3 is 2.15 bits per heavy atom. The van der Waals surface area contributed by atoms with Crippen molar-refractivity contribution < 1.29 is 18.3 Å². The summed E-state index contributed by atoms with van der Waals surface area (Å²) in [5.41, 5.74) is 0.571. The van der Waals surface area contributed by atoms with Gasteiger partial charge in [-0.2, -0.15) is 0 Å². The van der Waals surface area contributed by atoms with Gasteiger partial charge in [0.05, 0.1) is 0 Å². The average molecular weight is 371 g/mol. The van der Waals surface area contributed by atoms with Gasteiger partial charge >= 0.3 is 0 Å². The molecule has 0 aliphatic heterocycles. The predicted molar refractivity (Wildman–Crippen MR) is 103 cm³/mol. The molecule has 26 heavy (non-hydrogen) atoms. The summed E-state index contributed by atoms with van der Waals surface area (Å²) in [6, 6.07) is 3.82. The van der Waals surface area contributed by atoms with Crippen molar-refractivity contribution in [2.45, 2.75) is 83.8 Å². The van der Waals surface area contributed by atoms with E-state index in [1.54, 1.807) is 20.3 Å². The molecule has 0 saturated carbocycles. The second-order valence-corrected chi connectivity index (χ2v) is 7.31. The number of hydrogen-bond acceptors (Lipinski definition) is 2. The third-order valence-electron chi connectivity index (χ3n) is 5.47. The first-order valence-electron chi connectivity index (χ1n) is 10.0. The van der Waals surface area contributed by atoms with E-state index in [9.17, 15) is 8.78 Å². The molecule has 0 spiro atoms. The maximum atomic E-state index is 13.8. The molecule has 0 radical (unpaired) electrons. The number of hydrogen-bond donors (Lipinski definition) is 0. The number of aryl methyl sites for hydroxylation is 1. The molecule has 1 aromatic carbocycles. The van der Waals surface area contributed by atoms with Crippen molar-refractivity contribution in [3.8, 4) is 0 Å². The van der Waals surface area contributed by atoms with E-state index in [0.29, 0.717) is 12.0 Å². The molecule has 2 nitrogen and oxygen atoms in total. The second kappa shape index (κ2) is 12.4. The molecule has 0 fully saturated rings. The molecular weight excluding hydrogens is 334 g/mol. The van der Waals surface area contributed by atoms with Crippen LogP contribution in [0.15, 0.2) is 18.2 Å². The van der Waals surface area contributed by atoms with Crippen LogP contribution in [0.4, 0.5) is 8.78 Å². The van der Waals surface area contributed by atoms with Crippen LogP contribution < -0.4 is 0 Å². The van der Waals surface area contributed by atoms with Crippen molar-refractivity contribution in [3.05, 3.63) is 35.4 Å². The van der Waals surface area contributed by atoms with Gasteiger partial charge in [0, 0.05) is 26.2 Å². The molecule has 0 amide bonds. The van der Waals surface area contributed by atoms with E-state index in [0.717, 1.165) is 31.7 Å². The summed E-state index contributed by atoms with van der Waals surface area (Å²) in [5.74, 6) is -1.35. The summed E-state index contributed by atoms with van der Waals surface area (Å²) in [6.07, 6.45) is 10.9. The van der Waals surface area contributed by atoms with Crippen LogP contribution in [0.3, 0.4) is 0 Å². The van der Waals surface area contributed by atoms with Gasteiger partial charge in [0.25, 0.3) is 0 Å². The van der Waals surface area contributed by atoms with Gasteiger partial charge in [-0.1, -0.05) is 51.5 Å². The summed E-state index contributed by atoms with van der Waals surface area (Å²) >= 11 is 0. The number of benzene rings is 1. The quantitative estimate of drug-likeness (QED) is 0.269. The first-order chi connectivity index (χ1) is 12.5. The molecule has 0 aliphatic rings. The highest BCUT2D eigenvalue weighted by Gasteiger charge is 2.33. The number of halogens is 2. The Labute approximate surface area is 158 Å². The van der Waals surface area contributed by atoms with Crippen LogP contribution in [0.25, 0.3) is 0 Å². The van der Waals surface area contributed by atoms with E-state index in [-0.39, 0.29) is 5.92 Å². The Balaban J connectivity index is 2.53. The van der Waals surface area contributed by atoms with Crippen LogP contribution in [0.5, 0.6) is 0 Å². The van der Waals surface area contributed by atoms with Gasteiger partial charge in [0.2, 0.25) is 0 Å². The van der Waals surface area contributed by atoms with Gasteiger partial charge in [-0.05, 0) is 44.2 Å². The minimum Gasteiger partial charge on any atom is -0.353 e. The van der Waals surface area contributed by atoms with Crippen molar-refractivity contribution in [1.29, 1.82) is 0 Å². The van der Waals surface area contributed by atoms with Crippen LogP contribution in [0.2, 0.25) is 0 Å². The zero-order valence-corrected chi connectivity index (χ0v) is 17.0. The molecule has 1 unspecified atom stereocenters. The van der Waals surface area contributed by atoms with E-state index < -0.39 is 17.4 Å². The van der Waals surface area contributed by atoms with Crippen LogP contribution in [0, 0.1) is 17.6 Å². The minimum absolute atomic E-state index is 0.257. The van der Waals surface area contributed by atoms with Crippen LogP contribution in [-0.2, 0) is 15.9 Å². The summed E-state index contributed by atoms with van der Waals surface area (Å²) < 4.78 is 38.1. The van der Waals surface area contributed by atoms with Crippen molar-refractivity contribution in [3.63, 3.8) is 0 Å². The lowest BCUT2D eigenvalue weighted by atomic mass is 9.87. The highest BCUT2D eigenvalue weighted by Crippen LogP contribution is 2.32. The van der Waals surface area contributed by atoms with Gasteiger partial charge in [-0.25, -0.2) is 8.78 Å². The largest absolute Gasteiger partial charge is 0.353 e. The molecule has 0 heterocycles. The van der Waals surface area contributed by atoms with Gasteiger partial charge in [-0.3, -0.25) is 0 Å². The Morgan fingerprint density at radius 1 is 0.923 bits per heavy atom. The van der Waals surface area contributed by atoms with E-state index in [4.69, 9.17) is 9.47 Å². The first-order valence-corrected chi connectivity index (χ1v) is 10.0. The molecule has 1 atom stereocenters. The summed E-state index contributed by atoms with van der Waals surface area (Å²) in [6.45, 7) is 4.20.